The zero-order valence-electron chi connectivity index (χ0n) is 8.50. The summed E-state index contributed by atoms with van der Waals surface area (Å²) >= 11 is 0. The van der Waals surface area contributed by atoms with Crippen LogP contribution in [0.2, 0.25) is 0 Å². The van der Waals surface area contributed by atoms with E-state index in [0.717, 1.165) is 18.2 Å². The highest BCUT2D eigenvalue weighted by Gasteiger charge is 2.12. The van der Waals surface area contributed by atoms with E-state index in [1.807, 2.05) is 0 Å². The van der Waals surface area contributed by atoms with Crippen LogP contribution in [-0.2, 0) is 6.42 Å². The van der Waals surface area contributed by atoms with Gasteiger partial charge in [-0.25, -0.2) is 13.8 Å². The maximum Gasteiger partial charge on any atom is 0.132 e. The predicted octanol–water partition coefficient (Wildman–Crippen LogP) is 1.86. The number of H-pyrrole nitrogens is 1. The average Bonchev–Trinajstić information content (AvgIpc) is 2.70. The van der Waals surface area contributed by atoms with Crippen molar-refractivity contribution < 1.29 is 8.78 Å². The van der Waals surface area contributed by atoms with Crippen molar-refractivity contribution in [3.05, 3.63) is 41.9 Å². The third-order valence-corrected chi connectivity index (χ3v) is 2.30. The Morgan fingerprint density at radius 1 is 1.31 bits per heavy atom. The molecule has 0 aliphatic heterocycles. The lowest BCUT2D eigenvalue weighted by atomic mass is 10.1. The highest BCUT2D eigenvalue weighted by atomic mass is 19.1. The topological polar surface area (TPSA) is 54.7 Å². The molecule has 1 heterocycles. The van der Waals surface area contributed by atoms with Gasteiger partial charge in [0, 0.05) is 17.7 Å². The number of nitrogens with zero attached hydrogens (tertiary/aromatic N) is 1. The number of aromatic amines is 1. The van der Waals surface area contributed by atoms with Crippen molar-refractivity contribution in [3.63, 3.8) is 0 Å². The normalized spacial score (nSPS) is 10.7. The summed E-state index contributed by atoms with van der Waals surface area (Å²) in [7, 11) is 0. The number of nitrogens with two attached hydrogens (primary N) is 1. The number of hydrogen-bond acceptors (Lipinski definition) is 2. The summed E-state index contributed by atoms with van der Waals surface area (Å²) in [6, 6.07) is 3.30. The molecule has 0 aliphatic carbocycles. The molecule has 0 amide bonds. The smallest absolute Gasteiger partial charge is 0.132 e. The van der Waals surface area contributed by atoms with E-state index in [1.54, 1.807) is 0 Å². The van der Waals surface area contributed by atoms with Crippen LogP contribution in [-0.4, -0.2) is 16.5 Å². The van der Waals surface area contributed by atoms with Crippen molar-refractivity contribution >= 4 is 0 Å². The van der Waals surface area contributed by atoms with Crippen LogP contribution in [0.15, 0.2) is 24.5 Å². The Bertz CT molecular complexity index is 494. The van der Waals surface area contributed by atoms with Crippen molar-refractivity contribution in [2.24, 2.45) is 5.73 Å². The second-order valence-corrected chi connectivity index (χ2v) is 3.39. The first-order valence-electron chi connectivity index (χ1n) is 4.90. The zero-order chi connectivity index (χ0) is 11.5. The SMILES string of the molecule is NCCc1[nH]cnc1-c1cc(F)ccc1F. The summed E-state index contributed by atoms with van der Waals surface area (Å²) in [6.07, 6.45) is 2.00. The third-order valence-electron chi connectivity index (χ3n) is 2.30. The molecule has 1 aromatic carbocycles. The van der Waals surface area contributed by atoms with E-state index in [9.17, 15) is 8.78 Å². The Labute approximate surface area is 91.3 Å². The van der Waals surface area contributed by atoms with Crippen molar-refractivity contribution in [2.75, 3.05) is 6.54 Å². The fourth-order valence-electron chi connectivity index (χ4n) is 1.57. The van der Waals surface area contributed by atoms with Crippen LogP contribution in [0.4, 0.5) is 8.78 Å². The lowest BCUT2D eigenvalue weighted by Gasteiger charge is -2.03. The molecule has 0 bridgehead atoms. The minimum absolute atomic E-state index is 0.157. The monoisotopic (exact) mass is 223 g/mol. The summed E-state index contributed by atoms with van der Waals surface area (Å²) < 4.78 is 26.5. The molecule has 0 unspecified atom stereocenters. The number of rotatable bonds is 3. The number of halogens is 2. The largest absolute Gasteiger partial charge is 0.348 e. The number of benzene rings is 1. The Balaban J connectivity index is 2.49. The van der Waals surface area contributed by atoms with Gasteiger partial charge >= 0.3 is 0 Å². The molecule has 0 saturated carbocycles. The highest BCUT2D eigenvalue weighted by molar-refractivity contribution is 5.62. The fraction of sp³-hybridized carbons (Fsp3) is 0.182. The van der Waals surface area contributed by atoms with Crippen molar-refractivity contribution in [2.45, 2.75) is 6.42 Å². The van der Waals surface area contributed by atoms with Gasteiger partial charge in [-0.1, -0.05) is 0 Å². The molecule has 2 rings (SSSR count). The van der Waals surface area contributed by atoms with Crippen LogP contribution in [0.1, 0.15) is 5.69 Å². The first-order chi connectivity index (χ1) is 7.72. The van der Waals surface area contributed by atoms with E-state index < -0.39 is 11.6 Å². The van der Waals surface area contributed by atoms with Crippen LogP contribution >= 0.6 is 0 Å². The molecule has 0 fully saturated rings. The van der Waals surface area contributed by atoms with Gasteiger partial charge in [0.05, 0.1) is 12.0 Å². The summed E-state index contributed by atoms with van der Waals surface area (Å²) in [5.74, 6) is -0.982. The van der Waals surface area contributed by atoms with Crippen LogP contribution in [0.3, 0.4) is 0 Å². The first kappa shape index (κ1) is 10.8. The van der Waals surface area contributed by atoms with E-state index in [1.165, 1.54) is 6.33 Å². The molecule has 5 heteroatoms. The maximum absolute atomic E-state index is 13.5. The third kappa shape index (κ3) is 1.94. The lowest BCUT2D eigenvalue weighted by Crippen LogP contribution is -2.04. The zero-order valence-corrected chi connectivity index (χ0v) is 8.50. The number of imidazole rings is 1. The van der Waals surface area contributed by atoms with Gasteiger partial charge in [-0.15, -0.1) is 0 Å². The second kappa shape index (κ2) is 4.40. The van der Waals surface area contributed by atoms with E-state index >= 15 is 0 Å². The van der Waals surface area contributed by atoms with E-state index in [0.29, 0.717) is 24.4 Å². The summed E-state index contributed by atoms with van der Waals surface area (Å²) in [5, 5.41) is 0. The van der Waals surface area contributed by atoms with E-state index in [-0.39, 0.29) is 5.56 Å². The highest BCUT2D eigenvalue weighted by Crippen LogP contribution is 2.24. The molecule has 84 valence electrons. The standard InChI is InChI=1S/C11H11F2N3/c12-7-1-2-9(13)8(5-7)11-10(3-4-14)15-6-16-11/h1-2,5-6H,3-4,14H2,(H,15,16). The molecule has 0 aliphatic rings. The van der Waals surface area contributed by atoms with Gasteiger partial charge in [0.25, 0.3) is 0 Å². The number of nitrogens with one attached hydrogen (secondary N) is 1. The quantitative estimate of drug-likeness (QED) is 0.834. The van der Waals surface area contributed by atoms with Gasteiger partial charge in [-0.2, -0.15) is 0 Å². The Morgan fingerprint density at radius 3 is 2.88 bits per heavy atom. The van der Waals surface area contributed by atoms with Crippen LogP contribution in [0, 0.1) is 11.6 Å². The Morgan fingerprint density at radius 2 is 2.12 bits per heavy atom. The van der Waals surface area contributed by atoms with Gasteiger partial charge in [-0.3, -0.25) is 0 Å². The molecule has 1 aromatic heterocycles. The summed E-state index contributed by atoms with van der Waals surface area (Å²) in [4.78, 5) is 6.86. The predicted molar refractivity (Wildman–Crippen MR) is 56.7 cm³/mol. The van der Waals surface area contributed by atoms with Crippen LogP contribution < -0.4 is 5.73 Å². The van der Waals surface area contributed by atoms with Crippen molar-refractivity contribution in [1.82, 2.24) is 9.97 Å². The molecular formula is C11H11F2N3. The van der Waals surface area contributed by atoms with Crippen molar-refractivity contribution in [3.8, 4) is 11.3 Å². The Hall–Kier alpha value is -1.75. The molecule has 3 nitrogen and oxygen atoms in total. The lowest BCUT2D eigenvalue weighted by molar-refractivity contribution is 0.602. The average molecular weight is 223 g/mol. The maximum atomic E-state index is 13.5. The van der Waals surface area contributed by atoms with Crippen LogP contribution in [0.5, 0.6) is 0 Å². The molecule has 16 heavy (non-hydrogen) atoms. The van der Waals surface area contributed by atoms with Gasteiger partial charge in [-0.05, 0) is 24.7 Å². The fourth-order valence-corrected chi connectivity index (χ4v) is 1.57. The minimum atomic E-state index is -0.494. The van der Waals surface area contributed by atoms with Gasteiger partial charge in [0.2, 0.25) is 0 Å². The van der Waals surface area contributed by atoms with Crippen molar-refractivity contribution in [1.29, 1.82) is 0 Å². The molecular weight excluding hydrogens is 212 g/mol. The molecule has 0 radical (unpaired) electrons. The number of aromatic nitrogens is 2. The second-order valence-electron chi connectivity index (χ2n) is 3.39. The minimum Gasteiger partial charge on any atom is -0.348 e. The molecule has 0 saturated heterocycles. The van der Waals surface area contributed by atoms with Crippen LogP contribution in [0.25, 0.3) is 11.3 Å². The molecule has 3 N–H and O–H groups in total. The van der Waals surface area contributed by atoms with E-state index in [2.05, 4.69) is 9.97 Å². The molecule has 0 atom stereocenters. The van der Waals surface area contributed by atoms with Gasteiger partial charge in [0.1, 0.15) is 11.6 Å². The number of hydrogen-bond donors (Lipinski definition) is 2. The first-order valence-corrected chi connectivity index (χ1v) is 4.90. The van der Waals surface area contributed by atoms with Gasteiger partial charge in [0.15, 0.2) is 0 Å². The van der Waals surface area contributed by atoms with Gasteiger partial charge < -0.3 is 10.7 Å². The molecule has 0 spiro atoms. The summed E-state index contributed by atoms with van der Waals surface area (Å²) in [6.45, 7) is 0.423. The molecule has 2 aromatic rings. The van der Waals surface area contributed by atoms with E-state index in [4.69, 9.17) is 5.73 Å². The summed E-state index contributed by atoms with van der Waals surface area (Å²) in [5.41, 5.74) is 6.71. The Kier molecular flexibility index (Phi) is 2.96.